The van der Waals surface area contributed by atoms with Crippen LogP contribution in [-0.4, -0.2) is 16.6 Å². The average molecular weight is 241 g/mol. The van der Waals surface area contributed by atoms with Crippen LogP contribution in [0, 0.1) is 0 Å². The van der Waals surface area contributed by atoms with Crippen molar-refractivity contribution in [3.8, 4) is 0 Å². The Morgan fingerprint density at radius 3 is 2.44 bits per heavy atom. The molecule has 1 saturated carbocycles. The lowest BCUT2D eigenvalue weighted by atomic mass is 10.0. The molecular weight excluding hydrogens is 226 g/mol. The molecule has 2 aromatic carbocycles. The Morgan fingerprint density at radius 2 is 1.83 bits per heavy atom. The molecule has 92 valence electrons. The Kier molecular flexibility index (Phi) is 2.30. The molecule has 0 saturated heterocycles. The van der Waals surface area contributed by atoms with Gasteiger partial charge in [-0.05, 0) is 37.3 Å². The number of aromatic carboxylic acids is 1. The summed E-state index contributed by atoms with van der Waals surface area (Å²) in [6.07, 6.45) is 2.34. The van der Waals surface area contributed by atoms with E-state index in [9.17, 15) is 9.90 Å². The van der Waals surface area contributed by atoms with E-state index in [0.717, 1.165) is 16.5 Å². The van der Waals surface area contributed by atoms with Gasteiger partial charge in [-0.2, -0.15) is 0 Å². The van der Waals surface area contributed by atoms with Gasteiger partial charge in [0.15, 0.2) is 0 Å². The molecule has 0 unspecified atom stereocenters. The van der Waals surface area contributed by atoms with Crippen molar-refractivity contribution in [2.75, 3.05) is 5.32 Å². The standard InChI is InChI=1S/C15H15NO2/c1-15(8-9-15)16-13-7-6-12(14(17)18)10-4-2-3-5-11(10)13/h2-7,16H,8-9H2,1H3,(H,17,18). The fourth-order valence-corrected chi connectivity index (χ4v) is 2.23. The molecule has 0 radical (unpaired) electrons. The third-order valence-corrected chi connectivity index (χ3v) is 3.59. The maximum Gasteiger partial charge on any atom is 0.336 e. The predicted octanol–water partition coefficient (Wildman–Crippen LogP) is 3.50. The van der Waals surface area contributed by atoms with Gasteiger partial charge in [-0.3, -0.25) is 0 Å². The third kappa shape index (κ3) is 1.82. The number of rotatable bonds is 3. The average Bonchev–Trinajstić information content (AvgIpc) is 3.07. The van der Waals surface area contributed by atoms with E-state index in [-0.39, 0.29) is 5.54 Å². The zero-order valence-corrected chi connectivity index (χ0v) is 10.2. The topological polar surface area (TPSA) is 49.3 Å². The van der Waals surface area contributed by atoms with E-state index in [1.165, 1.54) is 12.8 Å². The number of hydrogen-bond donors (Lipinski definition) is 2. The fourth-order valence-electron chi connectivity index (χ4n) is 2.23. The van der Waals surface area contributed by atoms with Crippen LogP contribution in [0.1, 0.15) is 30.1 Å². The van der Waals surface area contributed by atoms with Crippen molar-refractivity contribution in [1.82, 2.24) is 0 Å². The van der Waals surface area contributed by atoms with Gasteiger partial charge >= 0.3 is 5.97 Å². The van der Waals surface area contributed by atoms with Crippen LogP contribution in [0.2, 0.25) is 0 Å². The number of benzene rings is 2. The summed E-state index contributed by atoms with van der Waals surface area (Å²) in [5.74, 6) is -0.879. The van der Waals surface area contributed by atoms with E-state index in [1.54, 1.807) is 6.07 Å². The molecule has 0 spiro atoms. The molecule has 2 N–H and O–H groups in total. The molecule has 0 bridgehead atoms. The molecule has 1 aliphatic rings. The third-order valence-electron chi connectivity index (χ3n) is 3.59. The highest BCUT2D eigenvalue weighted by molar-refractivity contribution is 6.07. The summed E-state index contributed by atoms with van der Waals surface area (Å²) in [6.45, 7) is 2.19. The fraction of sp³-hybridized carbons (Fsp3) is 0.267. The molecule has 0 aromatic heterocycles. The first-order valence-corrected chi connectivity index (χ1v) is 6.12. The van der Waals surface area contributed by atoms with Crippen LogP contribution in [0.5, 0.6) is 0 Å². The number of hydrogen-bond acceptors (Lipinski definition) is 2. The Bertz CT molecular complexity index is 629. The first-order chi connectivity index (χ1) is 8.59. The maximum absolute atomic E-state index is 11.2. The van der Waals surface area contributed by atoms with Gasteiger partial charge in [0.05, 0.1) is 5.56 Å². The molecule has 18 heavy (non-hydrogen) atoms. The number of carboxylic acid groups (broad SMARTS) is 1. The molecule has 0 heterocycles. The van der Waals surface area contributed by atoms with Gasteiger partial charge in [-0.1, -0.05) is 24.3 Å². The minimum absolute atomic E-state index is 0.188. The monoisotopic (exact) mass is 241 g/mol. The van der Waals surface area contributed by atoms with Crippen molar-refractivity contribution in [2.24, 2.45) is 0 Å². The predicted molar refractivity (Wildman–Crippen MR) is 72.2 cm³/mol. The summed E-state index contributed by atoms with van der Waals surface area (Å²) >= 11 is 0. The Balaban J connectivity index is 2.16. The number of nitrogens with one attached hydrogen (secondary N) is 1. The van der Waals surface area contributed by atoms with Crippen LogP contribution >= 0.6 is 0 Å². The number of carboxylic acids is 1. The smallest absolute Gasteiger partial charge is 0.336 e. The van der Waals surface area contributed by atoms with Crippen LogP contribution < -0.4 is 5.32 Å². The highest BCUT2D eigenvalue weighted by atomic mass is 16.4. The molecule has 1 fully saturated rings. The largest absolute Gasteiger partial charge is 0.478 e. The van der Waals surface area contributed by atoms with Gasteiger partial charge in [0.25, 0.3) is 0 Å². The van der Waals surface area contributed by atoms with Crippen LogP contribution in [-0.2, 0) is 0 Å². The van der Waals surface area contributed by atoms with Crippen LogP contribution in [0.25, 0.3) is 10.8 Å². The van der Waals surface area contributed by atoms with Crippen molar-refractivity contribution in [3.05, 3.63) is 42.0 Å². The molecular formula is C15H15NO2. The quantitative estimate of drug-likeness (QED) is 0.864. The molecule has 2 aromatic rings. The number of fused-ring (bicyclic) bond motifs is 1. The summed E-state index contributed by atoms with van der Waals surface area (Å²) in [4.78, 5) is 11.2. The SMILES string of the molecule is CC1(Nc2ccc(C(=O)O)c3ccccc23)CC1. The molecule has 1 aliphatic carbocycles. The van der Waals surface area contributed by atoms with E-state index in [0.29, 0.717) is 5.56 Å². The Morgan fingerprint density at radius 1 is 1.17 bits per heavy atom. The van der Waals surface area contributed by atoms with E-state index in [2.05, 4.69) is 12.2 Å². The van der Waals surface area contributed by atoms with E-state index >= 15 is 0 Å². The summed E-state index contributed by atoms with van der Waals surface area (Å²) in [5.41, 5.74) is 1.57. The van der Waals surface area contributed by atoms with Gasteiger partial charge in [-0.15, -0.1) is 0 Å². The van der Waals surface area contributed by atoms with Crippen molar-refractivity contribution in [1.29, 1.82) is 0 Å². The highest BCUT2D eigenvalue weighted by Crippen LogP contribution is 2.40. The normalized spacial score (nSPS) is 16.5. The lowest BCUT2D eigenvalue weighted by Gasteiger charge is -2.16. The van der Waals surface area contributed by atoms with Crippen LogP contribution in [0.3, 0.4) is 0 Å². The van der Waals surface area contributed by atoms with Crippen molar-refractivity contribution >= 4 is 22.4 Å². The van der Waals surface area contributed by atoms with E-state index in [1.807, 2.05) is 30.3 Å². The number of carbonyl (C=O) groups is 1. The molecule has 3 nitrogen and oxygen atoms in total. The van der Waals surface area contributed by atoms with Gasteiger partial charge in [0.2, 0.25) is 0 Å². The minimum Gasteiger partial charge on any atom is -0.478 e. The zero-order valence-electron chi connectivity index (χ0n) is 10.2. The summed E-state index contributed by atoms with van der Waals surface area (Å²) < 4.78 is 0. The molecule has 0 amide bonds. The zero-order chi connectivity index (χ0) is 12.8. The summed E-state index contributed by atoms with van der Waals surface area (Å²) in [5, 5.41) is 14.5. The second-order valence-electron chi connectivity index (χ2n) is 5.20. The lowest BCUT2D eigenvalue weighted by molar-refractivity contribution is 0.0699. The number of anilines is 1. The van der Waals surface area contributed by atoms with E-state index in [4.69, 9.17) is 0 Å². The van der Waals surface area contributed by atoms with Crippen LogP contribution in [0.4, 0.5) is 5.69 Å². The van der Waals surface area contributed by atoms with Crippen molar-refractivity contribution in [2.45, 2.75) is 25.3 Å². The molecule has 3 heteroatoms. The van der Waals surface area contributed by atoms with Crippen molar-refractivity contribution < 1.29 is 9.90 Å². The van der Waals surface area contributed by atoms with Gasteiger partial charge < -0.3 is 10.4 Å². The minimum atomic E-state index is -0.879. The Hall–Kier alpha value is -2.03. The molecule has 0 atom stereocenters. The van der Waals surface area contributed by atoms with Gasteiger partial charge in [-0.25, -0.2) is 4.79 Å². The molecule has 3 rings (SSSR count). The van der Waals surface area contributed by atoms with Gasteiger partial charge in [0.1, 0.15) is 0 Å². The second-order valence-corrected chi connectivity index (χ2v) is 5.20. The second kappa shape index (κ2) is 3.73. The van der Waals surface area contributed by atoms with E-state index < -0.39 is 5.97 Å². The highest BCUT2D eigenvalue weighted by Gasteiger charge is 2.37. The van der Waals surface area contributed by atoms with Crippen LogP contribution in [0.15, 0.2) is 36.4 Å². The van der Waals surface area contributed by atoms with Gasteiger partial charge in [0, 0.05) is 16.6 Å². The lowest BCUT2D eigenvalue weighted by Crippen LogP contribution is -2.16. The Labute approximate surface area is 105 Å². The first-order valence-electron chi connectivity index (χ1n) is 6.12. The first kappa shape index (κ1) is 11.1. The molecule has 0 aliphatic heterocycles. The van der Waals surface area contributed by atoms with Crippen molar-refractivity contribution in [3.63, 3.8) is 0 Å². The summed E-state index contributed by atoms with van der Waals surface area (Å²) in [7, 11) is 0. The maximum atomic E-state index is 11.2. The summed E-state index contributed by atoms with van der Waals surface area (Å²) in [6, 6.07) is 11.2.